The van der Waals surface area contributed by atoms with Crippen LogP contribution in [0.2, 0.25) is 5.02 Å². The lowest BCUT2D eigenvalue weighted by atomic mass is 10.2. The second-order valence-corrected chi connectivity index (χ2v) is 8.15. The normalized spacial score (nSPS) is 15.7. The largest absolute Gasteiger partial charge is 0.335 e. The van der Waals surface area contributed by atoms with Crippen molar-refractivity contribution in [1.29, 1.82) is 0 Å². The molecule has 3 aromatic rings. The Balaban J connectivity index is 1.43. The molecule has 0 N–H and O–H groups in total. The van der Waals surface area contributed by atoms with Gasteiger partial charge in [0, 0.05) is 61.6 Å². The number of carbonyl (C=O) groups is 1. The lowest BCUT2D eigenvalue weighted by molar-refractivity contribution is 0.0633. The van der Waals surface area contributed by atoms with Crippen LogP contribution in [0.25, 0.3) is 10.1 Å². The number of hydrogen-bond donors (Lipinski definition) is 0. The molecule has 2 aromatic heterocycles. The van der Waals surface area contributed by atoms with Crippen LogP contribution in [0.1, 0.15) is 20.9 Å². The molecule has 1 aromatic carbocycles. The number of aromatic nitrogens is 2. The summed E-state index contributed by atoms with van der Waals surface area (Å²) in [7, 11) is 1.95. The Hall–Kier alpha value is -1.89. The van der Waals surface area contributed by atoms with E-state index in [-0.39, 0.29) is 5.91 Å². The van der Waals surface area contributed by atoms with Crippen molar-refractivity contribution in [3.8, 4) is 0 Å². The van der Waals surface area contributed by atoms with E-state index in [0.717, 1.165) is 48.5 Å². The van der Waals surface area contributed by atoms with Crippen molar-refractivity contribution in [2.24, 2.45) is 7.05 Å². The summed E-state index contributed by atoms with van der Waals surface area (Å²) in [6.45, 7) is 6.10. The van der Waals surface area contributed by atoms with Gasteiger partial charge in [0.05, 0.1) is 10.7 Å². The molecule has 1 aliphatic rings. The quantitative estimate of drug-likeness (QED) is 0.689. The topological polar surface area (TPSA) is 41.4 Å². The highest BCUT2D eigenvalue weighted by Crippen LogP contribution is 2.36. The van der Waals surface area contributed by atoms with E-state index >= 15 is 0 Å². The molecule has 0 aliphatic carbocycles. The van der Waals surface area contributed by atoms with Crippen LogP contribution in [0, 0.1) is 6.92 Å². The van der Waals surface area contributed by atoms with E-state index in [1.807, 2.05) is 47.8 Å². The van der Waals surface area contributed by atoms with Gasteiger partial charge in [-0.25, -0.2) is 0 Å². The summed E-state index contributed by atoms with van der Waals surface area (Å²) in [6, 6.07) is 7.91. The molecule has 4 rings (SSSR count). The lowest BCUT2D eigenvalue weighted by Crippen LogP contribution is -2.48. The van der Waals surface area contributed by atoms with E-state index in [4.69, 9.17) is 11.6 Å². The number of thiophene rings is 1. The number of aryl methyl sites for hydroxylation is 2. The first-order chi connectivity index (χ1) is 12.5. The summed E-state index contributed by atoms with van der Waals surface area (Å²) in [4.78, 5) is 17.9. The van der Waals surface area contributed by atoms with E-state index < -0.39 is 0 Å². The molecule has 1 amide bonds. The van der Waals surface area contributed by atoms with Gasteiger partial charge in [-0.1, -0.05) is 29.8 Å². The highest BCUT2D eigenvalue weighted by atomic mass is 35.5. The fraction of sp³-hybridized carbons (Fsp3) is 0.368. The van der Waals surface area contributed by atoms with Crippen molar-refractivity contribution in [2.45, 2.75) is 13.5 Å². The first-order valence-corrected chi connectivity index (χ1v) is 9.90. The second-order valence-electron chi connectivity index (χ2n) is 6.72. The van der Waals surface area contributed by atoms with E-state index in [9.17, 15) is 4.79 Å². The minimum absolute atomic E-state index is 0.0495. The number of amides is 1. The van der Waals surface area contributed by atoms with E-state index in [1.165, 1.54) is 16.9 Å². The van der Waals surface area contributed by atoms with Gasteiger partial charge in [0.15, 0.2) is 0 Å². The van der Waals surface area contributed by atoms with Gasteiger partial charge in [-0.05, 0) is 13.0 Å². The summed E-state index contributed by atoms with van der Waals surface area (Å²) in [5.41, 5.74) is 2.32. The third-order valence-electron chi connectivity index (χ3n) is 4.90. The predicted octanol–water partition coefficient (Wildman–Crippen LogP) is 3.55. The van der Waals surface area contributed by atoms with E-state index in [1.54, 1.807) is 0 Å². The molecular weight excluding hydrogens is 368 g/mol. The zero-order chi connectivity index (χ0) is 18.3. The van der Waals surface area contributed by atoms with Gasteiger partial charge in [-0.15, -0.1) is 11.3 Å². The van der Waals surface area contributed by atoms with Crippen molar-refractivity contribution < 1.29 is 4.79 Å². The smallest absolute Gasteiger partial charge is 0.265 e. The van der Waals surface area contributed by atoms with Crippen LogP contribution in [-0.4, -0.2) is 51.7 Å². The van der Waals surface area contributed by atoms with Crippen molar-refractivity contribution in [2.75, 3.05) is 26.2 Å². The molecule has 136 valence electrons. The Morgan fingerprint density at radius 2 is 1.96 bits per heavy atom. The molecule has 0 saturated carbocycles. The van der Waals surface area contributed by atoms with Gasteiger partial charge in [-0.3, -0.25) is 14.4 Å². The summed E-state index contributed by atoms with van der Waals surface area (Å²) < 4.78 is 2.92. The molecule has 26 heavy (non-hydrogen) atoms. The van der Waals surface area contributed by atoms with Gasteiger partial charge in [0.2, 0.25) is 0 Å². The molecule has 5 nitrogen and oxygen atoms in total. The summed E-state index contributed by atoms with van der Waals surface area (Å²) in [5, 5.41) is 5.96. The molecule has 0 atom stereocenters. The van der Waals surface area contributed by atoms with Crippen LogP contribution in [0.3, 0.4) is 0 Å². The van der Waals surface area contributed by atoms with Crippen LogP contribution in [-0.2, 0) is 13.6 Å². The van der Waals surface area contributed by atoms with Crippen LogP contribution in [0.15, 0.2) is 30.5 Å². The summed E-state index contributed by atoms with van der Waals surface area (Å²) >= 11 is 7.96. The number of fused-ring (bicyclic) bond motifs is 1. The summed E-state index contributed by atoms with van der Waals surface area (Å²) in [5.74, 6) is 0.0495. The highest BCUT2D eigenvalue weighted by molar-refractivity contribution is 7.21. The molecule has 1 saturated heterocycles. The Morgan fingerprint density at radius 1 is 1.23 bits per heavy atom. The predicted molar refractivity (Wildman–Crippen MR) is 106 cm³/mol. The van der Waals surface area contributed by atoms with Gasteiger partial charge in [-0.2, -0.15) is 5.10 Å². The number of hydrogen-bond acceptors (Lipinski definition) is 4. The number of benzene rings is 1. The lowest BCUT2D eigenvalue weighted by Gasteiger charge is -2.34. The van der Waals surface area contributed by atoms with E-state index in [0.29, 0.717) is 9.90 Å². The molecule has 0 spiro atoms. The van der Waals surface area contributed by atoms with Crippen LogP contribution in [0.4, 0.5) is 0 Å². The minimum Gasteiger partial charge on any atom is -0.335 e. The summed E-state index contributed by atoms with van der Waals surface area (Å²) in [6.07, 6.45) is 2.07. The molecule has 0 radical (unpaired) electrons. The van der Waals surface area contributed by atoms with Crippen molar-refractivity contribution in [1.82, 2.24) is 19.6 Å². The molecule has 1 aliphatic heterocycles. The molecule has 0 bridgehead atoms. The minimum atomic E-state index is 0.0495. The van der Waals surface area contributed by atoms with Crippen LogP contribution >= 0.6 is 22.9 Å². The van der Waals surface area contributed by atoms with Gasteiger partial charge < -0.3 is 4.90 Å². The maximum atomic E-state index is 12.9. The number of rotatable bonds is 3. The zero-order valence-corrected chi connectivity index (χ0v) is 16.5. The Kier molecular flexibility index (Phi) is 4.73. The van der Waals surface area contributed by atoms with Crippen molar-refractivity contribution in [3.63, 3.8) is 0 Å². The Morgan fingerprint density at radius 3 is 2.62 bits per heavy atom. The van der Waals surface area contributed by atoms with Crippen molar-refractivity contribution in [3.05, 3.63) is 51.6 Å². The molecule has 1 fully saturated rings. The third kappa shape index (κ3) is 3.24. The molecule has 0 unspecified atom stereocenters. The Bertz CT molecular complexity index is 956. The average Bonchev–Trinajstić information content (AvgIpc) is 3.14. The SMILES string of the molecule is Cc1nn(C)cc1CN1CCN(C(=O)c2sc3ccccc3c2Cl)CC1. The Labute approximate surface area is 161 Å². The molecule has 7 heteroatoms. The number of piperazine rings is 1. The van der Waals surface area contributed by atoms with Crippen molar-refractivity contribution >= 4 is 38.9 Å². The second kappa shape index (κ2) is 7.02. The zero-order valence-electron chi connectivity index (χ0n) is 14.9. The molecule has 3 heterocycles. The van der Waals surface area contributed by atoms with Gasteiger partial charge in [0.25, 0.3) is 5.91 Å². The molecular formula is C19H21ClN4OS. The first-order valence-electron chi connectivity index (χ1n) is 8.70. The van der Waals surface area contributed by atoms with Crippen LogP contribution < -0.4 is 0 Å². The first kappa shape index (κ1) is 17.5. The third-order valence-corrected chi connectivity index (χ3v) is 6.56. The fourth-order valence-electron chi connectivity index (χ4n) is 3.45. The number of halogens is 1. The fourth-order valence-corrected chi connectivity index (χ4v) is 4.93. The van der Waals surface area contributed by atoms with Gasteiger partial charge >= 0.3 is 0 Å². The van der Waals surface area contributed by atoms with Crippen LogP contribution in [0.5, 0.6) is 0 Å². The van der Waals surface area contributed by atoms with Gasteiger partial charge in [0.1, 0.15) is 4.88 Å². The average molecular weight is 389 g/mol. The maximum absolute atomic E-state index is 12.9. The maximum Gasteiger partial charge on any atom is 0.265 e. The number of nitrogens with zero attached hydrogens (tertiary/aromatic N) is 4. The van der Waals surface area contributed by atoms with E-state index in [2.05, 4.69) is 16.2 Å². The highest BCUT2D eigenvalue weighted by Gasteiger charge is 2.26. The standard InChI is InChI=1S/C19H21ClN4OS/c1-13-14(11-22(2)21-13)12-23-7-9-24(10-8-23)19(25)18-17(20)15-5-3-4-6-16(15)26-18/h3-6,11H,7-10,12H2,1-2H3. The monoisotopic (exact) mass is 388 g/mol. The number of carbonyl (C=O) groups excluding carboxylic acids is 1.